The Morgan fingerprint density at radius 3 is 2.84 bits per heavy atom. The Balaban J connectivity index is 2.53. The number of ether oxygens (including phenoxy) is 1. The summed E-state index contributed by atoms with van der Waals surface area (Å²) < 4.78 is 5.32. The summed E-state index contributed by atoms with van der Waals surface area (Å²) in [5, 5.41) is 14.5. The second-order valence-corrected chi connectivity index (χ2v) is 4.22. The lowest BCUT2D eigenvalue weighted by molar-refractivity contribution is 0.134. The zero-order valence-electron chi connectivity index (χ0n) is 11.5. The van der Waals surface area contributed by atoms with Crippen molar-refractivity contribution in [3.63, 3.8) is 0 Å². The van der Waals surface area contributed by atoms with E-state index in [1.54, 1.807) is 0 Å². The van der Waals surface area contributed by atoms with Crippen LogP contribution in [0, 0.1) is 0 Å². The first kappa shape index (κ1) is 15.5. The molecular weight excluding hydrogens is 244 g/mol. The van der Waals surface area contributed by atoms with E-state index in [2.05, 4.69) is 10.6 Å². The minimum atomic E-state index is -0.311. The number of hydrogen-bond donors (Lipinski definition) is 3. The van der Waals surface area contributed by atoms with Gasteiger partial charge in [0.05, 0.1) is 19.3 Å². The maximum Gasteiger partial charge on any atom is 0.319 e. The van der Waals surface area contributed by atoms with Crippen molar-refractivity contribution in [1.82, 2.24) is 5.32 Å². The van der Waals surface area contributed by atoms with Crippen molar-refractivity contribution in [3.05, 3.63) is 29.8 Å². The van der Waals surface area contributed by atoms with Crippen LogP contribution in [-0.4, -0.2) is 30.4 Å². The number of aliphatic hydroxyl groups excluding tert-OH is 1. The molecule has 1 aromatic rings. The molecule has 1 unspecified atom stereocenters. The van der Waals surface area contributed by atoms with Gasteiger partial charge in [0.1, 0.15) is 0 Å². The molecule has 0 aliphatic heterocycles. The van der Waals surface area contributed by atoms with E-state index in [-0.39, 0.29) is 18.7 Å². The number of aliphatic hydroxyl groups is 1. The van der Waals surface area contributed by atoms with Crippen LogP contribution in [0.5, 0.6) is 0 Å². The predicted molar refractivity (Wildman–Crippen MR) is 75.1 cm³/mol. The Morgan fingerprint density at radius 1 is 1.42 bits per heavy atom. The standard InChI is InChI=1S/C14H22N2O3/c1-3-12(9-17)15-14(18)16-13-7-5-6-11(8-13)10-19-4-2/h5-8,12,17H,3-4,9-10H2,1-2H3,(H2,15,16,18). The lowest BCUT2D eigenvalue weighted by atomic mass is 10.2. The lowest BCUT2D eigenvalue weighted by Crippen LogP contribution is -2.39. The van der Waals surface area contributed by atoms with Crippen LogP contribution in [0.2, 0.25) is 0 Å². The molecule has 1 atom stereocenters. The van der Waals surface area contributed by atoms with E-state index in [0.29, 0.717) is 25.3 Å². The fraction of sp³-hybridized carbons (Fsp3) is 0.500. The first-order valence-corrected chi connectivity index (χ1v) is 6.54. The molecule has 5 heteroatoms. The molecule has 0 spiro atoms. The fourth-order valence-corrected chi connectivity index (χ4v) is 1.59. The number of nitrogens with one attached hydrogen (secondary N) is 2. The maximum absolute atomic E-state index is 11.7. The highest BCUT2D eigenvalue weighted by Gasteiger charge is 2.09. The molecule has 3 N–H and O–H groups in total. The Hall–Kier alpha value is -1.59. The van der Waals surface area contributed by atoms with E-state index in [1.807, 2.05) is 38.1 Å². The average molecular weight is 266 g/mol. The van der Waals surface area contributed by atoms with Gasteiger partial charge in [-0.2, -0.15) is 0 Å². The van der Waals surface area contributed by atoms with Gasteiger partial charge in [-0.1, -0.05) is 19.1 Å². The summed E-state index contributed by atoms with van der Waals surface area (Å²) in [6, 6.07) is 6.97. The summed E-state index contributed by atoms with van der Waals surface area (Å²) in [6.45, 7) is 4.97. The summed E-state index contributed by atoms with van der Waals surface area (Å²) in [5.74, 6) is 0. The number of benzene rings is 1. The van der Waals surface area contributed by atoms with Crippen LogP contribution in [0.25, 0.3) is 0 Å². The number of hydrogen-bond acceptors (Lipinski definition) is 3. The largest absolute Gasteiger partial charge is 0.394 e. The van der Waals surface area contributed by atoms with Gasteiger partial charge in [0, 0.05) is 12.3 Å². The first-order chi connectivity index (χ1) is 9.19. The van der Waals surface area contributed by atoms with Gasteiger partial charge in [0.15, 0.2) is 0 Å². The van der Waals surface area contributed by atoms with E-state index < -0.39 is 0 Å². The van der Waals surface area contributed by atoms with Crippen molar-refractivity contribution < 1.29 is 14.6 Å². The monoisotopic (exact) mass is 266 g/mol. The number of urea groups is 1. The van der Waals surface area contributed by atoms with E-state index in [0.717, 1.165) is 5.56 Å². The fourth-order valence-electron chi connectivity index (χ4n) is 1.59. The van der Waals surface area contributed by atoms with Crippen LogP contribution in [0.1, 0.15) is 25.8 Å². The van der Waals surface area contributed by atoms with Crippen molar-refractivity contribution in [3.8, 4) is 0 Å². The molecule has 0 saturated heterocycles. The number of carbonyl (C=O) groups is 1. The predicted octanol–water partition coefficient (Wildman–Crippen LogP) is 2.12. The molecule has 0 bridgehead atoms. The molecule has 1 rings (SSSR count). The molecular formula is C14H22N2O3. The van der Waals surface area contributed by atoms with Crippen molar-refractivity contribution in [2.24, 2.45) is 0 Å². The minimum Gasteiger partial charge on any atom is -0.394 e. The topological polar surface area (TPSA) is 70.6 Å². The van der Waals surface area contributed by atoms with E-state index in [9.17, 15) is 4.79 Å². The molecule has 0 radical (unpaired) electrons. The Labute approximate surface area is 114 Å². The second kappa shape index (κ2) is 8.50. The summed E-state index contributed by atoms with van der Waals surface area (Å²) in [6.07, 6.45) is 0.689. The van der Waals surface area contributed by atoms with Gasteiger partial charge in [0.25, 0.3) is 0 Å². The van der Waals surface area contributed by atoms with Crippen molar-refractivity contribution in [2.75, 3.05) is 18.5 Å². The van der Waals surface area contributed by atoms with Gasteiger partial charge in [-0.05, 0) is 31.0 Å². The molecule has 19 heavy (non-hydrogen) atoms. The van der Waals surface area contributed by atoms with Crippen LogP contribution < -0.4 is 10.6 Å². The molecule has 0 aliphatic rings. The van der Waals surface area contributed by atoms with Crippen LogP contribution in [0.3, 0.4) is 0 Å². The zero-order chi connectivity index (χ0) is 14.1. The zero-order valence-corrected chi connectivity index (χ0v) is 11.5. The van der Waals surface area contributed by atoms with Crippen LogP contribution in [-0.2, 0) is 11.3 Å². The molecule has 5 nitrogen and oxygen atoms in total. The van der Waals surface area contributed by atoms with Gasteiger partial charge in [-0.3, -0.25) is 0 Å². The number of amides is 2. The smallest absolute Gasteiger partial charge is 0.319 e. The molecule has 0 heterocycles. The Kier molecular flexibility index (Phi) is 6.92. The van der Waals surface area contributed by atoms with Crippen molar-refractivity contribution in [2.45, 2.75) is 32.9 Å². The van der Waals surface area contributed by atoms with Gasteiger partial charge in [0.2, 0.25) is 0 Å². The maximum atomic E-state index is 11.7. The van der Waals surface area contributed by atoms with E-state index in [4.69, 9.17) is 9.84 Å². The highest BCUT2D eigenvalue weighted by atomic mass is 16.5. The number of carbonyl (C=O) groups excluding carboxylic acids is 1. The molecule has 106 valence electrons. The molecule has 0 saturated carbocycles. The van der Waals surface area contributed by atoms with Crippen molar-refractivity contribution in [1.29, 1.82) is 0 Å². The van der Waals surface area contributed by atoms with Gasteiger partial charge in [-0.25, -0.2) is 4.79 Å². The lowest BCUT2D eigenvalue weighted by Gasteiger charge is -2.15. The molecule has 1 aromatic carbocycles. The summed E-state index contributed by atoms with van der Waals surface area (Å²) in [4.78, 5) is 11.7. The SMILES string of the molecule is CCOCc1cccc(NC(=O)NC(CC)CO)c1. The third-order valence-electron chi connectivity index (χ3n) is 2.71. The van der Waals surface area contributed by atoms with Gasteiger partial charge >= 0.3 is 6.03 Å². The molecule has 2 amide bonds. The summed E-state index contributed by atoms with van der Waals surface area (Å²) in [7, 11) is 0. The van der Waals surface area contributed by atoms with E-state index >= 15 is 0 Å². The average Bonchev–Trinajstić information content (AvgIpc) is 2.43. The highest BCUT2D eigenvalue weighted by molar-refractivity contribution is 5.89. The number of rotatable bonds is 7. The van der Waals surface area contributed by atoms with E-state index in [1.165, 1.54) is 0 Å². The normalized spacial score (nSPS) is 11.9. The summed E-state index contributed by atoms with van der Waals surface area (Å²) >= 11 is 0. The quantitative estimate of drug-likeness (QED) is 0.708. The Morgan fingerprint density at radius 2 is 2.21 bits per heavy atom. The Bertz CT molecular complexity index is 392. The highest BCUT2D eigenvalue weighted by Crippen LogP contribution is 2.11. The first-order valence-electron chi connectivity index (χ1n) is 6.54. The molecule has 0 fully saturated rings. The third kappa shape index (κ3) is 5.72. The van der Waals surface area contributed by atoms with Crippen molar-refractivity contribution >= 4 is 11.7 Å². The van der Waals surface area contributed by atoms with Crippen LogP contribution in [0.15, 0.2) is 24.3 Å². The van der Waals surface area contributed by atoms with Crippen LogP contribution in [0.4, 0.5) is 10.5 Å². The van der Waals surface area contributed by atoms with Gasteiger partial charge < -0.3 is 20.5 Å². The number of anilines is 1. The van der Waals surface area contributed by atoms with Gasteiger partial charge in [-0.15, -0.1) is 0 Å². The molecule has 0 aliphatic carbocycles. The molecule has 0 aromatic heterocycles. The second-order valence-electron chi connectivity index (χ2n) is 4.22. The van der Waals surface area contributed by atoms with Crippen LogP contribution >= 0.6 is 0 Å². The third-order valence-corrected chi connectivity index (χ3v) is 2.71. The summed E-state index contributed by atoms with van der Waals surface area (Å²) in [5.41, 5.74) is 1.72. The minimum absolute atomic E-state index is 0.0612.